The number of nitrogens with zero attached hydrogens (tertiary/aromatic N) is 4. The molecule has 5 nitrogen and oxygen atoms in total. The van der Waals surface area contributed by atoms with Gasteiger partial charge in [-0.2, -0.15) is 0 Å². The number of halogens is 1. The zero-order valence-electron chi connectivity index (χ0n) is 10.2. The summed E-state index contributed by atoms with van der Waals surface area (Å²) >= 11 is 5.62. The van der Waals surface area contributed by atoms with E-state index in [2.05, 4.69) is 15.2 Å². The van der Waals surface area contributed by atoms with E-state index in [0.717, 1.165) is 18.7 Å². The standard InChI is InChI=1S/C12H15ClN4O/c1-17(9-6-10-4-2-3-8-14-10)12-16-15-11(18-12)5-7-13/h2-4,8H,5-7,9H2,1H3. The molecule has 0 aliphatic rings. The largest absolute Gasteiger partial charge is 0.408 e. The molecule has 96 valence electrons. The first-order chi connectivity index (χ1) is 8.79. The Hall–Kier alpha value is -1.62. The van der Waals surface area contributed by atoms with Gasteiger partial charge in [0.25, 0.3) is 0 Å². The van der Waals surface area contributed by atoms with Gasteiger partial charge in [-0.25, -0.2) is 0 Å². The SMILES string of the molecule is CN(CCc1ccccn1)c1nnc(CCCl)o1. The van der Waals surface area contributed by atoms with Crippen LogP contribution >= 0.6 is 11.6 Å². The Morgan fingerprint density at radius 2 is 2.17 bits per heavy atom. The summed E-state index contributed by atoms with van der Waals surface area (Å²) in [5.74, 6) is 1.06. The Morgan fingerprint density at radius 3 is 2.89 bits per heavy atom. The van der Waals surface area contributed by atoms with Gasteiger partial charge in [-0.3, -0.25) is 4.98 Å². The van der Waals surface area contributed by atoms with Crippen LogP contribution in [0.25, 0.3) is 0 Å². The second-order valence-electron chi connectivity index (χ2n) is 3.91. The van der Waals surface area contributed by atoms with Gasteiger partial charge in [0.2, 0.25) is 5.89 Å². The van der Waals surface area contributed by atoms with E-state index in [-0.39, 0.29) is 0 Å². The van der Waals surface area contributed by atoms with Crippen molar-refractivity contribution in [2.24, 2.45) is 0 Å². The molecule has 0 aliphatic carbocycles. The average Bonchev–Trinajstić information content (AvgIpc) is 2.86. The Bertz CT molecular complexity index is 474. The van der Waals surface area contributed by atoms with Crippen molar-refractivity contribution < 1.29 is 4.42 Å². The van der Waals surface area contributed by atoms with Crippen LogP contribution in [0.2, 0.25) is 0 Å². The van der Waals surface area contributed by atoms with Gasteiger partial charge in [0, 0.05) is 44.2 Å². The normalized spacial score (nSPS) is 10.6. The van der Waals surface area contributed by atoms with Crippen LogP contribution in [0.1, 0.15) is 11.6 Å². The topological polar surface area (TPSA) is 55.1 Å². The van der Waals surface area contributed by atoms with E-state index in [1.165, 1.54) is 0 Å². The van der Waals surface area contributed by atoms with Crippen LogP contribution in [0.3, 0.4) is 0 Å². The molecule has 0 aromatic carbocycles. The first-order valence-corrected chi connectivity index (χ1v) is 6.32. The molecular formula is C12H15ClN4O. The predicted molar refractivity (Wildman–Crippen MR) is 69.9 cm³/mol. The van der Waals surface area contributed by atoms with E-state index in [1.54, 1.807) is 6.20 Å². The minimum absolute atomic E-state index is 0.485. The number of hydrogen-bond donors (Lipinski definition) is 0. The number of alkyl halides is 1. The lowest BCUT2D eigenvalue weighted by atomic mass is 10.2. The summed E-state index contributed by atoms with van der Waals surface area (Å²) in [6.45, 7) is 0.777. The highest BCUT2D eigenvalue weighted by molar-refractivity contribution is 6.17. The number of aromatic nitrogens is 3. The van der Waals surface area contributed by atoms with Crippen LogP contribution < -0.4 is 4.90 Å². The van der Waals surface area contributed by atoms with Gasteiger partial charge in [-0.05, 0) is 12.1 Å². The molecule has 0 aliphatic heterocycles. The lowest BCUT2D eigenvalue weighted by Crippen LogP contribution is -2.20. The highest BCUT2D eigenvalue weighted by atomic mass is 35.5. The van der Waals surface area contributed by atoms with Crippen molar-refractivity contribution in [3.8, 4) is 0 Å². The van der Waals surface area contributed by atoms with E-state index >= 15 is 0 Å². The molecule has 0 unspecified atom stereocenters. The van der Waals surface area contributed by atoms with Crippen LogP contribution in [0.5, 0.6) is 0 Å². The number of aryl methyl sites for hydroxylation is 1. The summed E-state index contributed by atoms with van der Waals surface area (Å²) in [5.41, 5.74) is 1.05. The second kappa shape index (κ2) is 6.35. The van der Waals surface area contributed by atoms with Gasteiger partial charge in [0.15, 0.2) is 0 Å². The molecule has 0 saturated carbocycles. The van der Waals surface area contributed by atoms with Crippen molar-refractivity contribution in [1.29, 1.82) is 0 Å². The quantitative estimate of drug-likeness (QED) is 0.748. The van der Waals surface area contributed by atoms with Gasteiger partial charge in [0.1, 0.15) is 0 Å². The maximum absolute atomic E-state index is 5.62. The molecule has 0 amide bonds. The summed E-state index contributed by atoms with van der Waals surface area (Å²) < 4.78 is 5.47. The van der Waals surface area contributed by atoms with Gasteiger partial charge in [0.05, 0.1) is 0 Å². The molecule has 2 aromatic heterocycles. The monoisotopic (exact) mass is 266 g/mol. The summed E-state index contributed by atoms with van der Waals surface area (Å²) in [4.78, 5) is 6.18. The summed E-state index contributed by atoms with van der Waals surface area (Å²) in [7, 11) is 1.92. The van der Waals surface area contributed by atoms with E-state index in [1.807, 2.05) is 30.1 Å². The van der Waals surface area contributed by atoms with E-state index < -0.39 is 0 Å². The molecular weight excluding hydrogens is 252 g/mol. The molecule has 0 atom stereocenters. The Balaban J connectivity index is 1.89. The predicted octanol–water partition coefficient (Wildman–Crippen LogP) is 1.92. The Kier molecular flexibility index (Phi) is 4.52. The zero-order chi connectivity index (χ0) is 12.8. The van der Waals surface area contributed by atoms with Crippen molar-refractivity contribution in [2.75, 3.05) is 24.4 Å². The molecule has 18 heavy (non-hydrogen) atoms. The van der Waals surface area contributed by atoms with Gasteiger partial charge >= 0.3 is 6.01 Å². The molecule has 0 bridgehead atoms. The van der Waals surface area contributed by atoms with Crippen LogP contribution in [-0.4, -0.2) is 34.7 Å². The van der Waals surface area contributed by atoms with Crippen LogP contribution in [0, 0.1) is 0 Å². The summed E-state index contributed by atoms with van der Waals surface area (Å²) in [6.07, 6.45) is 3.23. The molecule has 6 heteroatoms. The molecule has 2 rings (SSSR count). The van der Waals surface area contributed by atoms with Gasteiger partial charge < -0.3 is 9.32 Å². The van der Waals surface area contributed by atoms with Crippen molar-refractivity contribution in [3.05, 3.63) is 36.0 Å². The molecule has 0 spiro atoms. The lowest BCUT2D eigenvalue weighted by Gasteiger charge is -2.12. The number of anilines is 1. The zero-order valence-corrected chi connectivity index (χ0v) is 11.0. The molecule has 2 heterocycles. The smallest absolute Gasteiger partial charge is 0.317 e. The van der Waals surface area contributed by atoms with Crippen LogP contribution in [0.4, 0.5) is 6.01 Å². The first-order valence-electron chi connectivity index (χ1n) is 5.79. The number of likely N-dealkylation sites (N-methyl/N-ethyl adjacent to an activating group) is 1. The first kappa shape index (κ1) is 12.8. The van der Waals surface area contributed by atoms with Gasteiger partial charge in [-0.1, -0.05) is 11.2 Å². The average molecular weight is 267 g/mol. The number of pyridine rings is 1. The fourth-order valence-corrected chi connectivity index (χ4v) is 1.67. The van der Waals surface area contributed by atoms with Crippen molar-refractivity contribution >= 4 is 17.6 Å². The highest BCUT2D eigenvalue weighted by Crippen LogP contribution is 2.11. The third kappa shape index (κ3) is 3.43. The summed E-state index contributed by atoms with van der Waals surface area (Å²) in [5, 5.41) is 7.90. The minimum atomic E-state index is 0.485. The van der Waals surface area contributed by atoms with Crippen LogP contribution in [0.15, 0.2) is 28.8 Å². The Labute approximate surface area is 111 Å². The van der Waals surface area contributed by atoms with Crippen molar-refractivity contribution in [1.82, 2.24) is 15.2 Å². The second-order valence-corrected chi connectivity index (χ2v) is 4.29. The molecule has 0 fully saturated rings. The van der Waals surface area contributed by atoms with Crippen molar-refractivity contribution in [2.45, 2.75) is 12.8 Å². The summed E-state index contributed by atoms with van der Waals surface area (Å²) in [6, 6.07) is 6.41. The fraction of sp³-hybridized carbons (Fsp3) is 0.417. The minimum Gasteiger partial charge on any atom is -0.408 e. The fourth-order valence-electron chi connectivity index (χ4n) is 1.50. The van der Waals surface area contributed by atoms with E-state index in [4.69, 9.17) is 16.0 Å². The third-order valence-corrected chi connectivity index (χ3v) is 2.71. The molecule has 2 aromatic rings. The molecule has 0 saturated heterocycles. The Morgan fingerprint density at radius 1 is 1.28 bits per heavy atom. The lowest BCUT2D eigenvalue weighted by molar-refractivity contribution is 0.495. The van der Waals surface area contributed by atoms with Crippen LogP contribution in [-0.2, 0) is 12.8 Å². The van der Waals surface area contributed by atoms with Gasteiger partial charge in [-0.15, -0.1) is 16.7 Å². The number of rotatable bonds is 6. The number of hydrogen-bond acceptors (Lipinski definition) is 5. The molecule has 0 N–H and O–H groups in total. The maximum atomic E-state index is 5.62. The highest BCUT2D eigenvalue weighted by Gasteiger charge is 2.10. The van der Waals surface area contributed by atoms with E-state index in [9.17, 15) is 0 Å². The van der Waals surface area contributed by atoms with E-state index in [0.29, 0.717) is 24.2 Å². The maximum Gasteiger partial charge on any atom is 0.317 e. The molecule has 0 radical (unpaired) electrons. The van der Waals surface area contributed by atoms with Crippen molar-refractivity contribution in [3.63, 3.8) is 0 Å². The third-order valence-electron chi connectivity index (χ3n) is 2.52.